The Morgan fingerprint density at radius 1 is 1.10 bits per heavy atom. The molecule has 0 heterocycles. The number of carbonyl (C=O) groups is 1. The third-order valence-electron chi connectivity index (χ3n) is 1.74. The van der Waals surface area contributed by atoms with Crippen molar-refractivity contribution >= 4 is 5.91 Å². The molecule has 1 N–H and O–H groups in total. The predicted octanol–water partition coefficient (Wildman–Crippen LogP) is 1.72. The minimum Gasteiger partial charge on any atom is -0.273 e. The molecule has 1 amide bonds. The highest BCUT2D eigenvalue weighted by Crippen LogP contribution is 2.19. The van der Waals surface area contributed by atoms with Crippen LogP contribution >= 0.6 is 0 Å². The molecular formula is C8H16NO. The maximum absolute atomic E-state index is 10.7. The van der Waals surface area contributed by atoms with Crippen LogP contribution in [0.1, 0.15) is 27.7 Å². The van der Waals surface area contributed by atoms with Crippen LogP contribution < -0.4 is 5.73 Å². The first-order valence-electron chi connectivity index (χ1n) is 3.72. The predicted molar refractivity (Wildman–Crippen MR) is 41.3 cm³/mol. The number of rotatable bonds is 3. The van der Waals surface area contributed by atoms with Gasteiger partial charge in [-0.1, -0.05) is 27.7 Å². The highest BCUT2D eigenvalue weighted by atomic mass is 16.1. The summed E-state index contributed by atoms with van der Waals surface area (Å²) in [5.74, 6) is 0.0833. The van der Waals surface area contributed by atoms with Gasteiger partial charge in [0.15, 0.2) is 0 Å². The maximum atomic E-state index is 10.7. The molecule has 0 aromatic rings. The lowest BCUT2D eigenvalue weighted by molar-refractivity contribution is -0.125. The molecule has 0 fully saturated rings. The maximum Gasteiger partial charge on any atom is 0.242 e. The summed E-state index contributed by atoms with van der Waals surface area (Å²) in [6, 6.07) is 0. The van der Waals surface area contributed by atoms with Gasteiger partial charge >= 0.3 is 0 Å². The second-order valence-electron chi connectivity index (χ2n) is 3.38. The van der Waals surface area contributed by atoms with E-state index in [9.17, 15) is 4.79 Å². The molecule has 0 rings (SSSR count). The first-order valence-corrected chi connectivity index (χ1v) is 3.72. The largest absolute Gasteiger partial charge is 0.273 e. The van der Waals surface area contributed by atoms with Crippen molar-refractivity contribution < 1.29 is 4.79 Å². The summed E-state index contributed by atoms with van der Waals surface area (Å²) in [6.45, 7) is 7.93. The second kappa shape index (κ2) is 3.59. The molecule has 0 aliphatic heterocycles. The molecule has 0 atom stereocenters. The standard InChI is InChI=1S/C8H16NO/c1-5(2)7(6(3)4)8(9)10/h5-7,9H,1-4H3. The molecule has 0 saturated heterocycles. The fraction of sp³-hybridized carbons (Fsp3) is 0.875. The average Bonchev–Trinajstić information content (AvgIpc) is 1.59. The topological polar surface area (TPSA) is 40.9 Å². The fourth-order valence-corrected chi connectivity index (χ4v) is 1.38. The normalized spacial score (nSPS) is 11.5. The van der Waals surface area contributed by atoms with Gasteiger partial charge in [-0.2, -0.15) is 0 Å². The molecule has 1 radical (unpaired) electrons. The van der Waals surface area contributed by atoms with E-state index < -0.39 is 5.91 Å². The Kier molecular flexibility index (Phi) is 3.40. The van der Waals surface area contributed by atoms with Crippen molar-refractivity contribution in [3.05, 3.63) is 0 Å². The SMILES string of the molecule is CC(C)C(C([NH])=O)C(C)C. The van der Waals surface area contributed by atoms with Crippen molar-refractivity contribution in [1.82, 2.24) is 5.73 Å². The van der Waals surface area contributed by atoms with Crippen molar-refractivity contribution in [3.63, 3.8) is 0 Å². The van der Waals surface area contributed by atoms with Gasteiger partial charge in [0.1, 0.15) is 0 Å². The lowest BCUT2D eigenvalue weighted by Crippen LogP contribution is -2.25. The van der Waals surface area contributed by atoms with E-state index in [1.807, 2.05) is 27.7 Å². The first-order chi connectivity index (χ1) is 4.46. The van der Waals surface area contributed by atoms with Crippen molar-refractivity contribution in [2.24, 2.45) is 17.8 Å². The van der Waals surface area contributed by atoms with E-state index in [-0.39, 0.29) is 5.92 Å². The van der Waals surface area contributed by atoms with Crippen molar-refractivity contribution in [3.8, 4) is 0 Å². The second-order valence-corrected chi connectivity index (χ2v) is 3.38. The van der Waals surface area contributed by atoms with Crippen LogP contribution in [-0.2, 0) is 4.79 Å². The molecule has 0 bridgehead atoms. The third kappa shape index (κ3) is 2.38. The molecule has 2 heteroatoms. The number of nitrogens with one attached hydrogen (secondary N) is 1. The first kappa shape index (κ1) is 9.47. The quantitative estimate of drug-likeness (QED) is 0.591. The lowest BCUT2D eigenvalue weighted by atomic mass is 9.85. The summed E-state index contributed by atoms with van der Waals surface area (Å²) in [5.41, 5.74) is 6.96. The average molecular weight is 142 g/mol. The number of hydrogen-bond acceptors (Lipinski definition) is 1. The van der Waals surface area contributed by atoms with Crippen LogP contribution in [0.15, 0.2) is 0 Å². The minimum absolute atomic E-state index is 0.0833. The van der Waals surface area contributed by atoms with Gasteiger partial charge in [0.25, 0.3) is 0 Å². The lowest BCUT2D eigenvalue weighted by Gasteiger charge is -2.19. The molecule has 0 aromatic carbocycles. The highest BCUT2D eigenvalue weighted by Gasteiger charge is 2.23. The van der Waals surface area contributed by atoms with Gasteiger partial charge in [0, 0.05) is 5.92 Å². The summed E-state index contributed by atoms with van der Waals surface area (Å²) in [5, 5.41) is 0. The fourth-order valence-electron chi connectivity index (χ4n) is 1.38. The molecular weight excluding hydrogens is 126 g/mol. The summed E-state index contributed by atoms with van der Waals surface area (Å²) in [4.78, 5) is 10.7. The van der Waals surface area contributed by atoms with Crippen LogP contribution in [0.5, 0.6) is 0 Å². The number of hydrogen-bond donors (Lipinski definition) is 0. The molecule has 0 spiro atoms. The summed E-state index contributed by atoms with van der Waals surface area (Å²) >= 11 is 0. The molecule has 2 nitrogen and oxygen atoms in total. The van der Waals surface area contributed by atoms with Crippen LogP contribution in [0.2, 0.25) is 0 Å². The van der Waals surface area contributed by atoms with E-state index in [1.54, 1.807) is 0 Å². The van der Waals surface area contributed by atoms with Gasteiger partial charge in [-0.05, 0) is 11.8 Å². The van der Waals surface area contributed by atoms with E-state index in [0.29, 0.717) is 11.8 Å². The monoisotopic (exact) mass is 142 g/mol. The van der Waals surface area contributed by atoms with Gasteiger partial charge in [-0.25, -0.2) is 0 Å². The van der Waals surface area contributed by atoms with Crippen molar-refractivity contribution in [2.45, 2.75) is 27.7 Å². The van der Waals surface area contributed by atoms with E-state index in [1.165, 1.54) is 0 Å². The molecule has 0 unspecified atom stereocenters. The van der Waals surface area contributed by atoms with Gasteiger partial charge in [0.2, 0.25) is 5.91 Å². The third-order valence-corrected chi connectivity index (χ3v) is 1.74. The Hall–Kier alpha value is -0.530. The van der Waals surface area contributed by atoms with E-state index in [2.05, 4.69) is 0 Å². The Labute approximate surface area is 62.8 Å². The zero-order valence-electron chi connectivity index (χ0n) is 7.14. The molecule has 0 saturated carbocycles. The Morgan fingerprint density at radius 3 is 1.40 bits per heavy atom. The van der Waals surface area contributed by atoms with Crippen LogP contribution in [0.3, 0.4) is 0 Å². The Balaban J connectivity index is 4.12. The summed E-state index contributed by atoms with van der Waals surface area (Å²) < 4.78 is 0. The molecule has 0 aliphatic carbocycles. The Morgan fingerprint density at radius 2 is 1.40 bits per heavy atom. The van der Waals surface area contributed by atoms with Gasteiger partial charge < -0.3 is 0 Å². The summed E-state index contributed by atoms with van der Waals surface area (Å²) in [7, 11) is 0. The minimum atomic E-state index is -0.426. The molecule has 10 heavy (non-hydrogen) atoms. The van der Waals surface area contributed by atoms with E-state index >= 15 is 0 Å². The Bertz CT molecular complexity index is 110. The zero-order chi connectivity index (χ0) is 8.31. The summed E-state index contributed by atoms with van der Waals surface area (Å²) in [6.07, 6.45) is 0. The van der Waals surface area contributed by atoms with Crippen LogP contribution in [0, 0.1) is 17.8 Å². The smallest absolute Gasteiger partial charge is 0.242 e. The van der Waals surface area contributed by atoms with Crippen LogP contribution in [-0.4, -0.2) is 5.91 Å². The zero-order valence-corrected chi connectivity index (χ0v) is 7.14. The van der Waals surface area contributed by atoms with E-state index in [4.69, 9.17) is 5.73 Å². The van der Waals surface area contributed by atoms with Crippen LogP contribution in [0.4, 0.5) is 0 Å². The van der Waals surface area contributed by atoms with Gasteiger partial charge in [-0.3, -0.25) is 10.5 Å². The number of amides is 1. The number of carbonyl (C=O) groups excluding carboxylic acids is 1. The van der Waals surface area contributed by atoms with Gasteiger partial charge in [-0.15, -0.1) is 0 Å². The molecule has 59 valence electrons. The molecule has 0 aromatic heterocycles. The highest BCUT2D eigenvalue weighted by molar-refractivity contribution is 5.76. The van der Waals surface area contributed by atoms with Gasteiger partial charge in [0.05, 0.1) is 0 Å². The van der Waals surface area contributed by atoms with E-state index in [0.717, 1.165) is 0 Å². The van der Waals surface area contributed by atoms with Crippen LogP contribution in [0.25, 0.3) is 0 Å². The van der Waals surface area contributed by atoms with Crippen molar-refractivity contribution in [1.29, 1.82) is 0 Å². The van der Waals surface area contributed by atoms with Crippen molar-refractivity contribution in [2.75, 3.05) is 0 Å². The molecule has 0 aliphatic rings.